The molecule has 0 spiro atoms. The van der Waals surface area contributed by atoms with E-state index in [1.807, 2.05) is 60.7 Å². The fraction of sp³-hybridized carbons (Fsp3) is 0.611. The van der Waals surface area contributed by atoms with E-state index in [1.54, 1.807) is 53.7 Å². The minimum absolute atomic E-state index is 0.0567. The van der Waals surface area contributed by atoms with Crippen LogP contribution in [0.2, 0.25) is 0 Å². The van der Waals surface area contributed by atoms with Crippen molar-refractivity contribution in [3.8, 4) is 32.4 Å². The van der Waals surface area contributed by atoms with E-state index < -0.39 is 35.2 Å². The van der Waals surface area contributed by atoms with Crippen molar-refractivity contribution in [2.75, 3.05) is 13.2 Å². The Morgan fingerprint density at radius 1 is 0.357 bits per heavy atom. The molecule has 0 atom stereocenters. The number of rotatable bonds is 40. The zero-order valence-electron chi connectivity index (χ0n) is 52.9. The van der Waals surface area contributed by atoms with Crippen LogP contribution >= 0.6 is 22.7 Å². The van der Waals surface area contributed by atoms with Crippen LogP contribution < -0.4 is 9.47 Å². The van der Waals surface area contributed by atoms with Crippen molar-refractivity contribution >= 4 is 58.1 Å². The van der Waals surface area contributed by atoms with Gasteiger partial charge in [0.15, 0.2) is 0 Å². The summed E-state index contributed by atoms with van der Waals surface area (Å²) in [7, 11) is 0. The summed E-state index contributed by atoms with van der Waals surface area (Å²) in [6, 6.07) is 23.2. The predicted octanol–water partition coefficient (Wildman–Crippen LogP) is 22.1. The maximum absolute atomic E-state index is 15.0. The summed E-state index contributed by atoms with van der Waals surface area (Å²) in [5.74, 6) is 0.0628. The highest BCUT2D eigenvalue weighted by Gasteiger charge is 2.54. The van der Waals surface area contributed by atoms with Crippen LogP contribution in [0.1, 0.15) is 271 Å². The number of carbonyl (C=O) groups excluding carboxylic acids is 4. The second-order valence-corrected chi connectivity index (χ2v) is 27.5. The molecule has 462 valence electrons. The lowest BCUT2D eigenvalue weighted by molar-refractivity contribution is -0.123. The molecule has 12 heteroatoms. The van der Waals surface area contributed by atoms with Crippen molar-refractivity contribution < 1.29 is 38.1 Å². The van der Waals surface area contributed by atoms with Crippen LogP contribution in [-0.2, 0) is 19.1 Å². The Hall–Kier alpha value is -5.20. The van der Waals surface area contributed by atoms with Gasteiger partial charge >= 0.3 is 12.2 Å². The minimum Gasteiger partial charge on any atom is -0.494 e. The molecule has 4 heterocycles. The third kappa shape index (κ3) is 22.3. The number of benzene rings is 2. The molecule has 6 rings (SSSR count). The molecule has 0 saturated heterocycles. The van der Waals surface area contributed by atoms with Gasteiger partial charge in [-0.2, -0.15) is 0 Å². The summed E-state index contributed by atoms with van der Waals surface area (Å²) in [5.41, 5.74) is -0.0765. The first-order chi connectivity index (χ1) is 40.6. The molecule has 0 unspecified atom stereocenters. The summed E-state index contributed by atoms with van der Waals surface area (Å²) in [6.45, 7) is 16.2. The number of nitrogens with zero attached hydrogens (tertiary/aromatic N) is 2. The lowest BCUT2D eigenvalue weighted by Gasteiger charge is -2.27. The number of fused-ring (bicyclic) bond motifs is 1. The van der Waals surface area contributed by atoms with E-state index in [0.717, 1.165) is 67.9 Å². The summed E-state index contributed by atoms with van der Waals surface area (Å²) in [4.78, 5) is 63.1. The summed E-state index contributed by atoms with van der Waals surface area (Å²) < 4.78 is 24.0. The van der Waals surface area contributed by atoms with Crippen molar-refractivity contribution in [1.82, 2.24) is 9.80 Å². The molecular weight excluding hydrogens is 1080 g/mol. The van der Waals surface area contributed by atoms with E-state index >= 15 is 9.59 Å². The molecule has 2 aliphatic rings. The zero-order valence-corrected chi connectivity index (χ0v) is 54.6. The number of imide groups is 2. The fourth-order valence-electron chi connectivity index (χ4n) is 11.1. The van der Waals surface area contributed by atoms with Crippen LogP contribution in [0, 0.1) is 0 Å². The molecule has 0 aliphatic carbocycles. The average Bonchev–Trinajstić information content (AvgIpc) is 1.77. The van der Waals surface area contributed by atoms with Gasteiger partial charge in [0, 0.05) is 9.75 Å². The first-order valence-electron chi connectivity index (χ1n) is 32.9. The average molecular weight is 1190 g/mol. The molecule has 2 aliphatic heterocycles. The molecule has 4 aromatic rings. The van der Waals surface area contributed by atoms with Gasteiger partial charge < -0.3 is 18.9 Å². The van der Waals surface area contributed by atoms with Crippen LogP contribution in [0.15, 0.2) is 83.9 Å². The Labute approximate surface area is 514 Å². The maximum atomic E-state index is 15.0. The SMILES string of the molecule is CCCCCCCCCCCCCCCCCCOc1ccc(-c2ccc(C3=C4C(=O)N(C(=O)OC(C)(C)C)C(c5ccc(-c6ccc(OCCCCCCCCCCCCCCCCCC)cc6)s5)=C4C(=O)N3C(=O)OC(C)(C)C)s2)cc1. The fourth-order valence-corrected chi connectivity index (χ4v) is 13.2. The molecule has 2 aromatic carbocycles. The quantitative estimate of drug-likeness (QED) is 0.0405. The van der Waals surface area contributed by atoms with Crippen LogP contribution in [0.3, 0.4) is 0 Å². The maximum Gasteiger partial charge on any atom is 0.422 e. The van der Waals surface area contributed by atoms with Crippen LogP contribution in [0.25, 0.3) is 32.3 Å². The summed E-state index contributed by atoms with van der Waals surface area (Å²) in [5, 5.41) is 0. The molecule has 0 radical (unpaired) electrons. The molecule has 0 bridgehead atoms. The molecule has 0 saturated carbocycles. The molecule has 84 heavy (non-hydrogen) atoms. The van der Waals surface area contributed by atoms with Gasteiger partial charge in [0.05, 0.1) is 45.5 Å². The van der Waals surface area contributed by atoms with Gasteiger partial charge in [0.1, 0.15) is 22.7 Å². The molecular formula is C72H104N2O8S2. The molecule has 2 aromatic heterocycles. The van der Waals surface area contributed by atoms with Crippen molar-refractivity contribution in [3.05, 3.63) is 93.7 Å². The first kappa shape index (κ1) is 67.9. The van der Waals surface area contributed by atoms with E-state index in [9.17, 15) is 9.59 Å². The molecule has 4 amide bonds. The zero-order chi connectivity index (χ0) is 60.2. The summed E-state index contributed by atoms with van der Waals surface area (Å²) >= 11 is 2.68. The standard InChI is InChI=1S/C72H104N2O8S2/c1-9-11-13-15-17-19-21-23-25-27-29-31-33-35-37-39-53-79-57-45-41-55(42-46-57)59-49-51-61(83-59)65-63-64(68(76)73(65)69(77)81-71(3,4)5)66(74(67(63)75)70(78)82-72(6,7)8)62-52-50-60(84-62)56-43-47-58(48-44-56)80-54-40-38-36-34-32-30-28-26-24-22-20-18-16-14-12-10-2/h41-52H,9-40,53-54H2,1-8H3. The second-order valence-electron chi connectivity index (χ2n) is 25.4. The van der Waals surface area contributed by atoms with Crippen LogP contribution in [0.4, 0.5) is 9.59 Å². The lowest BCUT2D eigenvalue weighted by Crippen LogP contribution is -2.40. The Morgan fingerprint density at radius 3 is 0.869 bits per heavy atom. The number of ether oxygens (including phenoxy) is 4. The molecule has 0 N–H and O–H groups in total. The number of thiophene rings is 2. The first-order valence-corrected chi connectivity index (χ1v) is 34.5. The number of unbranched alkanes of at least 4 members (excludes halogenated alkanes) is 30. The van der Waals surface area contributed by atoms with Gasteiger partial charge in [-0.3, -0.25) is 9.59 Å². The Bertz CT molecular complexity index is 2500. The number of hydrogen-bond acceptors (Lipinski definition) is 10. The highest BCUT2D eigenvalue weighted by molar-refractivity contribution is 7.17. The van der Waals surface area contributed by atoms with Gasteiger partial charge in [0.25, 0.3) is 11.8 Å². The van der Waals surface area contributed by atoms with Crippen molar-refractivity contribution in [1.29, 1.82) is 0 Å². The Morgan fingerprint density at radius 2 is 0.607 bits per heavy atom. The topological polar surface area (TPSA) is 112 Å². The highest BCUT2D eigenvalue weighted by Crippen LogP contribution is 2.51. The van der Waals surface area contributed by atoms with E-state index in [-0.39, 0.29) is 22.5 Å². The van der Waals surface area contributed by atoms with Gasteiger partial charge in [0.2, 0.25) is 0 Å². The van der Waals surface area contributed by atoms with Gasteiger partial charge in [-0.05, 0) is 138 Å². The monoisotopic (exact) mass is 1190 g/mol. The Kier molecular flexibility index (Phi) is 29.2. The minimum atomic E-state index is -0.959. The van der Waals surface area contributed by atoms with Crippen LogP contribution in [-0.4, -0.2) is 58.2 Å². The van der Waals surface area contributed by atoms with Crippen LogP contribution in [0.5, 0.6) is 11.5 Å². The third-order valence-electron chi connectivity index (χ3n) is 15.6. The molecule has 10 nitrogen and oxygen atoms in total. The smallest absolute Gasteiger partial charge is 0.422 e. The van der Waals surface area contributed by atoms with E-state index in [2.05, 4.69) is 13.8 Å². The van der Waals surface area contributed by atoms with Gasteiger partial charge in [-0.1, -0.05) is 206 Å². The summed E-state index contributed by atoms with van der Waals surface area (Å²) in [6.07, 6.45) is 40.6. The largest absolute Gasteiger partial charge is 0.494 e. The van der Waals surface area contributed by atoms with Gasteiger partial charge in [-0.15, -0.1) is 22.7 Å². The number of carbonyl (C=O) groups is 4. The normalized spacial score (nSPS) is 13.7. The van der Waals surface area contributed by atoms with Crippen molar-refractivity contribution in [3.63, 3.8) is 0 Å². The van der Waals surface area contributed by atoms with E-state index in [1.165, 1.54) is 202 Å². The highest BCUT2D eigenvalue weighted by atomic mass is 32.1. The van der Waals surface area contributed by atoms with Crippen molar-refractivity contribution in [2.45, 2.75) is 272 Å². The number of hydrogen-bond donors (Lipinski definition) is 0. The van der Waals surface area contributed by atoms with Crippen molar-refractivity contribution in [2.24, 2.45) is 0 Å². The van der Waals surface area contributed by atoms with Gasteiger partial charge in [-0.25, -0.2) is 19.4 Å². The Balaban J connectivity index is 1.06. The van der Waals surface area contributed by atoms with E-state index in [4.69, 9.17) is 18.9 Å². The second kappa shape index (κ2) is 36.1. The number of amides is 4. The molecule has 0 fully saturated rings. The van der Waals surface area contributed by atoms with E-state index in [0.29, 0.717) is 23.0 Å². The third-order valence-corrected chi connectivity index (χ3v) is 17.9. The predicted molar refractivity (Wildman–Crippen MR) is 350 cm³/mol. The lowest BCUT2D eigenvalue weighted by atomic mass is 10.0.